The number of carboxylic acids is 1. The second-order valence-corrected chi connectivity index (χ2v) is 7.25. The molecule has 3 heterocycles. The predicted molar refractivity (Wildman–Crippen MR) is 108 cm³/mol. The number of carboxylic acid groups (broad SMARTS) is 1. The van der Waals surface area contributed by atoms with Gasteiger partial charge in [0.05, 0.1) is 12.7 Å². The Morgan fingerprint density at radius 2 is 2.00 bits per heavy atom. The Morgan fingerprint density at radius 1 is 1.26 bits per heavy atom. The molecule has 34 heavy (non-hydrogen) atoms. The number of benzene rings is 1. The molecule has 0 saturated carbocycles. The summed E-state index contributed by atoms with van der Waals surface area (Å²) in [5.74, 6) is -1.95. The molecule has 0 aliphatic carbocycles. The van der Waals surface area contributed by atoms with Gasteiger partial charge in [0.1, 0.15) is 29.6 Å². The van der Waals surface area contributed by atoms with Crippen LogP contribution in [0.2, 0.25) is 0 Å². The number of carbonyl (C=O) groups excluding carboxylic acids is 1. The first-order valence-electron chi connectivity index (χ1n) is 9.91. The van der Waals surface area contributed by atoms with Gasteiger partial charge in [0, 0.05) is 30.3 Å². The van der Waals surface area contributed by atoms with E-state index in [2.05, 4.69) is 10.1 Å². The molecule has 180 valence electrons. The van der Waals surface area contributed by atoms with Gasteiger partial charge < -0.3 is 19.3 Å². The summed E-state index contributed by atoms with van der Waals surface area (Å²) in [4.78, 5) is 27.3. The third-order valence-corrected chi connectivity index (χ3v) is 4.87. The van der Waals surface area contributed by atoms with Crippen molar-refractivity contribution < 1.29 is 41.5 Å². The number of alkyl halides is 3. The molecule has 0 saturated heterocycles. The fourth-order valence-corrected chi connectivity index (χ4v) is 3.04. The molecule has 0 unspecified atom stereocenters. The number of rotatable bonds is 4. The maximum Gasteiger partial charge on any atom is 0.490 e. The maximum atomic E-state index is 13.8. The standard InChI is InChI=1S/C20H18FN3O3.C2HF3O2/c1-13-4-5-14(9-17(13)21)20(25)24-8-6-19-16(11-24)18(23-27-19)12-26-15-3-2-7-22-10-15;3-2(4,5)1(6)7/h2-5,7,9-10H,6,8,11-12H2,1H3;(H,6,7). The van der Waals surface area contributed by atoms with Crippen molar-refractivity contribution in [2.75, 3.05) is 6.54 Å². The average molecular weight is 481 g/mol. The van der Waals surface area contributed by atoms with Gasteiger partial charge in [-0.2, -0.15) is 13.2 Å². The number of carbonyl (C=O) groups is 2. The van der Waals surface area contributed by atoms with E-state index in [1.807, 2.05) is 0 Å². The quantitative estimate of drug-likeness (QED) is 0.563. The largest absolute Gasteiger partial charge is 0.490 e. The molecule has 12 heteroatoms. The van der Waals surface area contributed by atoms with E-state index in [9.17, 15) is 22.4 Å². The van der Waals surface area contributed by atoms with E-state index in [0.717, 1.165) is 11.3 Å². The van der Waals surface area contributed by atoms with Gasteiger partial charge in [0.15, 0.2) is 0 Å². The van der Waals surface area contributed by atoms with Crippen LogP contribution in [0.5, 0.6) is 5.75 Å². The van der Waals surface area contributed by atoms with Crippen LogP contribution in [0.4, 0.5) is 17.6 Å². The number of fused-ring (bicyclic) bond motifs is 1. The molecule has 0 spiro atoms. The third kappa shape index (κ3) is 6.09. The van der Waals surface area contributed by atoms with Crippen LogP contribution in [0.25, 0.3) is 0 Å². The normalized spacial score (nSPS) is 12.9. The minimum absolute atomic E-state index is 0.208. The first-order chi connectivity index (χ1) is 16.1. The van der Waals surface area contributed by atoms with E-state index in [-0.39, 0.29) is 18.3 Å². The Bertz CT molecular complexity index is 1170. The van der Waals surface area contributed by atoms with Crippen molar-refractivity contribution in [3.8, 4) is 5.75 Å². The topological polar surface area (TPSA) is 106 Å². The molecule has 1 aliphatic rings. The molecule has 1 aliphatic heterocycles. The maximum absolute atomic E-state index is 13.8. The number of amides is 1. The van der Waals surface area contributed by atoms with E-state index in [1.165, 1.54) is 6.07 Å². The predicted octanol–water partition coefficient (Wildman–Crippen LogP) is 3.93. The van der Waals surface area contributed by atoms with Crippen molar-refractivity contribution in [2.45, 2.75) is 32.7 Å². The van der Waals surface area contributed by atoms with Crippen molar-refractivity contribution in [1.82, 2.24) is 15.0 Å². The second-order valence-electron chi connectivity index (χ2n) is 7.25. The zero-order valence-corrected chi connectivity index (χ0v) is 17.8. The Labute approximate surface area is 190 Å². The first-order valence-corrected chi connectivity index (χ1v) is 9.91. The Balaban J connectivity index is 0.000000406. The number of aliphatic carboxylic acids is 1. The molecule has 0 radical (unpaired) electrons. The molecule has 1 aromatic carbocycles. The second kappa shape index (κ2) is 10.3. The lowest BCUT2D eigenvalue weighted by Crippen LogP contribution is -2.36. The molecular formula is C22H19F4N3O5. The van der Waals surface area contributed by atoms with Gasteiger partial charge in [0.25, 0.3) is 5.91 Å². The van der Waals surface area contributed by atoms with Gasteiger partial charge in [-0.1, -0.05) is 11.2 Å². The molecule has 8 nitrogen and oxygen atoms in total. The number of nitrogens with zero attached hydrogens (tertiary/aromatic N) is 3. The summed E-state index contributed by atoms with van der Waals surface area (Å²) in [6.07, 6.45) is -1.23. The van der Waals surface area contributed by atoms with Crippen LogP contribution >= 0.6 is 0 Å². The van der Waals surface area contributed by atoms with Gasteiger partial charge >= 0.3 is 12.1 Å². The molecular weight excluding hydrogens is 462 g/mol. The summed E-state index contributed by atoms with van der Waals surface area (Å²) < 4.78 is 56.6. The molecule has 0 fully saturated rings. The number of aromatic nitrogens is 2. The smallest absolute Gasteiger partial charge is 0.486 e. The third-order valence-electron chi connectivity index (χ3n) is 4.87. The van der Waals surface area contributed by atoms with Crippen LogP contribution in [-0.2, 0) is 24.4 Å². The lowest BCUT2D eigenvalue weighted by Gasteiger charge is -2.26. The Hall–Kier alpha value is -3.96. The van der Waals surface area contributed by atoms with Crippen LogP contribution in [0.3, 0.4) is 0 Å². The minimum Gasteiger partial charge on any atom is -0.486 e. The lowest BCUT2D eigenvalue weighted by molar-refractivity contribution is -0.192. The number of hydrogen-bond acceptors (Lipinski definition) is 6. The van der Waals surface area contributed by atoms with E-state index < -0.39 is 12.1 Å². The lowest BCUT2D eigenvalue weighted by atomic mass is 10.0. The summed E-state index contributed by atoms with van der Waals surface area (Å²) in [6, 6.07) is 8.14. The highest BCUT2D eigenvalue weighted by molar-refractivity contribution is 5.94. The molecule has 2 aromatic heterocycles. The highest BCUT2D eigenvalue weighted by Crippen LogP contribution is 2.25. The summed E-state index contributed by atoms with van der Waals surface area (Å²) >= 11 is 0. The van der Waals surface area contributed by atoms with E-state index >= 15 is 0 Å². The molecule has 0 bridgehead atoms. The number of hydrogen-bond donors (Lipinski definition) is 1. The zero-order chi connectivity index (χ0) is 24.9. The monoisotopic (exact) mass is 481 g/mol. The molecule has 4 rings (SSSR count). The molecule has 0 atom stereocenters. The minimum atomic E-state index is -5.08. The fraction of sp³-hybridized carbons (Fsp3) is 0.273. The highest BCUT2D eigenvalue weighted by Gasteiger charge is 2.38. The number of aryl methyl sites for hydroxylation is 1. The molecule has 1 N–H and O–H groups in total. The summed E-state index contributed by atoms with van der Waals surface area (Å²) in [5, 5.41) is 11.2. The van der Waals surface area contributed by atoms with Crippen molar-refractivity contribution in [3.05, 3.63) is 76.7 Å². The first kappa shape index (κ1) is 24.7. The van der Waals surface area contributed by atoms with Crippen LogP contribution in [0.15, 0.2) is 47.2 Å². The van der Waals surface area contributed by atoms with Gasteiger partial charge in [-0.25, -0.2) is 9.18 Å². The SMILES string of the molecule is Cc1ccc(C(=O)N2CCc3onc(COc4cccnc4)c3C2)cc1F.O=C(O)C(F)(F)F. The van der Waals surface area contributed by atoms with Crippen molar-refractivity contribution in [1.29, 1.82) is 0 Å². The zero-order valence-electron chi connectivity index (χ0n) is 17.8. The van der Waals surface area contributed by atoms with Gasteiger partial charge in [-0.15, -0.1) is 0 Å². The average Bonchev–Trinajstić information content (AvgIpc) is 3.21. The van der Waals surface area contributed by atoms with Crippen LogP contribution < -0.4 is 4.74 Å². The number of ether oxygens (including phenoxy) is 1. The summed E-state index contributed by atoms with van der Waals surface area (Å²) in [5.41, 5.74) is 2.36. The van der Waals surface area contributed by atoms with Crippen molar-refractivity contribution in [3.63, 3.8) is 0 Å². The van der Waals surface area contributed by atoms with Crippen molar-refractivity contribution >= 4 is 11.9 Å². The summed E-state index contributed by atoms with van der Waals surface area (Å²) in [7, 11) is 0. The van der Waals surface area contributed by atoms with Crippen LogP contribution in [0, 0.1) is 12.7 Å². The van der Waals surface area contributed by atoms with Crippen molar-refractivity contribution in [2.24, 2.45) is 0 Å². The Morgan fingerprint density at radius 3 is 2.62 bits per heavy atom. The molecule has 3 aromatic rings. The molecule has 1 amide bonds. The van der Waals surface area contributed by atoms with Crippen LogP contribution in [0.1, 0.15) is 32.9 Å². The van der Waals surface area contributed by atoms with E-state index in [1.54, 1.807) is 48.5 Å². The van der Waals surface area contributed by atoms with Crippen LogP contribution in [-0.4, -0.2) is 44.7 Å². The highest BCUT2D eigenvalue weighted by atomic mass is 19.4. The number of halogens is 4. The van der Waals surface area contributed by atoms with Gasteiger partial charge in [-0.3, -0.25) is 9.78 Å². The van der Waals surface area contributed by atoms with Gasteiger partial charge in [-0.05, 0) is 36.8 Å². The number of pyridine rings is 1. The summed E-state index contributed by atoms with van der Waals surface area (Å²) in [6.45, 7) is 2.76. The van der Waals surface area contributed by atoms with E-state index in [4.69, 9.17) is 19.2 Å². The Kier molecular flexibility index (Phi) is 7.49. The van der Waals surface area contributed by atoms with E-state index in [0.29, 0.717) is 42.1 Å². The fourth-order valence-electron chi connectivity index (χ4n) is 3.04. The van der Waals surface area contributed by atoms with Gasteiger partial charge in [0.2, 0.25) is 0 Å².